The van der Waals surface area contributed by atoms with Gasteiger partial charge in [-0.15, -0.1) is 0 Å². The fourth-order valence-corrected chi connectivity index (χ4v) is 3.89. The van der Waals surface area contributed by atoms with Crippen LogP contribution in [0.15, 0.2) is 12.7 Å². The third-order valence-corrected chi connectivity index (χ3v) is 5.14. The number of nitrogen functional groups attached to an aromatic ring is 1. The van der Waals surface area contributed by atoms with Crippen molar-refractivity contribution < 1.29 is 0 Å². The molecule has 0 aromatic carbocycles. The fraction of sp³-hybridized carbons (Fsp3) is 0.615. The van der Waals surface area contributed by atoms with Gasteiger partial charge < -0.3 is 16.0 Å². The molecule has 2 heterocycles. The standard InChI is InChI=1S/C13H20N6S/c14-3-4-20-6-9-1-2-10(5-9)19-8-18-11-12(15)16-7-17-13(11)19/h7-10H,1-6,14H2,(H2,15,16,17)/t9-,10+/m1/s1. The lowest BCUT2D eigenvalue weighted by molar-refractivity contribution is 0.504. The highest BCUT2D eigenvalue weighted by Crippen LogP contribution is 2.37. The minimum atomic E-state index is 0.460. The summed E-state index contributed by atoms with van der Waals surface area (Å²) in [6, 6.07) is 0.484. The van der Waals surface area contributed by atoms with Crippen LogP contribution in [0.5, 0.6) is 0 Å². The van der Waals surface area contributed by atoms with E-state index in [-0.39, 0.29) is 0 Å². The van der Waals surface area contributed by atoms with Crippen molar-refractivity contribution in [3.8, 4) is 0 Å². The maximum absolute atomic E-state index is 5.83. The summed E-state index contributed by atoms with van der Waals surface area (Å²) in [7, 11) is 0. The average molecular weight is 292 g/mol. The van der Waals surface area contributed by atoms with E-state index >= 15 is 0 Å². The molecule has 4 N–H and O–H groups in total. The number of anilines is 1. The average Bonchev–Trinajstić information content (AvgIpc) is 3.06. The Hall–Kier alpha value is -1.34. The summed E-state index contributed by atoms with van der Waals surface area (Å²) < 4.78 is 2.17. The Bertz CT molecular complexity index is 583. The molecule has 1 fully saturated rings. The van der Waals surface area contributed by atoms with Crippen molar-refractivity contribution in [3.63, 3.8) is 0 Å². The highest BCUT2D eigenvalue weighted by Gasteiger charge is 2.27. The fourth-order valence-electron chi connectivity index (χ4n) is 2.92. The van der Waals surface area contributed by atoms with Crippen LogP contribution in [0, 0.1) is 5.92 Å². The zero-order valence-electron chi connectivity index (χ0n) is 11.4. The first-order chi connectivity index (χ1) is 9.79. The van der Waals surface area contributed by atoms with E-state index in [1.165, 1.54) is 31.3 Å². The number of thioether (sulfide) groups is 1. The Kier molecular flexibility index (Phi) is 4.07. The molecule has 20 heavy (non-hydrogen) atoms. The normalized spacial score (nSPS) is 22.6. The molecular formula is C13H20N6S. The molecule has 108 valence electrons. The van der Waals surface area contributed by atoms with E-state index in [9.17, 15) is 0 Å². The van der Waals surface area contributed by atoms with Crippen LogP contribution < -0.4 is 11.5 Å². The van der Waals surface area contributed by atoms with Crippen molar-refractivity contribution in [3.05, 3.63) is 12.7 Å². The molecule has 0 radical (unpaired) electrons. The van der Waals surface area contributed by atoms with Crippen LogP contribution in [0.4, 0.5) is 5.82 Å². The van der Waals surface area contributed by atoms with Crippen LogP contribution in [0.2, 0.25) is 0 Å². The van der Waals surface area contributed by atoms with Gasteiger partial charge in [-0.2, -0.15) is 11.8 Å². The van der Waals surface area contributed by atoms with E-state index in [2.05, 4.69) is 19.5 Å². The second-order valence-corrected chi connectivity index (χ2v) is 6.43. The smallest absolute Gasteiger partial charge is 0.165 e. The largest absolute Gasteiger partial charge is 0.382 e. The molecule has 0 saturated heterocycles. The van der Waals surface area contributed by atoms with Crippen molar-refractivity contribution in [2.24, 2.45) is 11.7 Å². The van der Waals surface area contributed by atoms with Crippen molar-refractivity contribution in [2.75, 3.05) is 23.8 Å². The summed E-state index contributed by atoms with van der Waals surface area (Å²) in [5, 5.41) is 0. The van der Waals surface area contributed by atoms with Gasteiger partial charge in [0, 0.05) is 18.3 Å². The number of nitrogens with two attached hydrogens (primary N) is 2. The molecule has 0 unspecified atom stereocenters. The molecule has 1 aliphatic carbocycles. The van der Waals surface area contributed by atoms with Gasteiger partial charge in [0.25, 0.3) is 0 Å². The Morgan fingerprint density at radius 1 is 1.30 bits per heavy atom. The van der Waals surface area contributed by atoms with Gasteiger partial charge >= 0.3 is 0 Å². The number of aromatic nitrogens is 4. The molecule has 1 aliphatic rings. The van der Waals surface area contributed by atoms with E-state index in [1.807, 2.05) is 18.1 Å². The van der Waals surface area contributed by atoms with Gasteiger partial charge in [-0.25, -0.2) is 15.0 Å². The van der Waals surface area contributed by atoms with Crippen molar-refractivity contribution in [1.29, 1.82) is 0 Å². The third-order valence-electron chi connectivity index (χ3n) is 3.91. The van der Waals surface area contributed by atoms with Crippen LogP contribution in [-0.2, 0) is 0 Å². The van der Waals surface area contributed by atoms with Crippen LogP contribution in [-0.4, -0.2) is 37.6 Å². The van der Waals surface area contributed by atoms with Gasteiger partial charge in [-0.3, -0.25) is 0 Å². The van der Waals surface area contributed by atoms with E-state index in [4.69, 9.17) is 11.5 Å². The second-order valence-electron chi connectivity index (χ2n) is 5.28. The molecule has 0 spiro atoms. The Morgan fingerprint density at radius 3 is 3.05 bits per heavy atom. The minimum absolute atomic E-state index is 0.460. The Morgan fingerprint density at radius 2 is 2.20 bits per heavy atom. The van der Waals surface area contributed by atoms with Crippen LogP contribution in [0.25, 0.3) is 11.2 Å². The summed E-state index contributed by atoms with van der Waals surface area (Å²) in [5.41, 5.74) is 12.9. The summed E-state index contributed by atoms with van der Waals surface area (Å²) >= 11 is 1.96. The third kappa shape index (κ3) is 2.60. The predicted molar refractivity (Wildman–Crippen MR) is 82.5 cm³/mol. The van der Waals surface area contributed by atoms with Gasteiger partial charge in [0.15, 0.2) is 11.5 Å². The molecule has 2 aromatic heterocycles. The number of fused-ring (bicyclic) bond motifs is 1. The maximum Gasteiger partial charge on any atom is 0.165 e. The van der Waals surface area contributed by atoms with Gasteiger partial charge in [0.1, 0.15) is 11.8 Å². The number of imidazole rings is 1. The molecule has 0 aliphatic heterocycles. The molecule has 6 nitrogen and oxygen atoms in total. The van der Waals surface area contributed by atoms with Crippen molar-refractivity contribution in [1.82, 2.24) is 19.5 Å². The minimum Gasteiger partial charge on any atom is -0.382 e. The Balaban J connectivity index is 1.72. The van der Waals surface area contributed by atoms with Crippen molar-refractivity contribution >= 4 is 28.7 Å². The molecular weight excluding hydrogens is 272 g/mol. The van der Waals surface area contributed by atoms with Gasteiger partial charge in [-0.05, 0) is 30.9 Å². The molecule has 1 saturated carbocycles. The summed E-state index contributed by atoms with van der Waals surface area (Å²) in [6.45, 7) is 0.767. The molecule has 2 aromatic rings. The lowest BCUT2D eigenvalue weighted by Crippen LogP contribution is -2.08. The lowest BCUT2D eigenvalue weighted by atomic mass is 10.1. The molecule has 0 bridgehead atoms. The number of hydrogen-bond donors (Lipinski definition) is 2. The SMILES string of the molecule is NCCSC[C@@H]1CC[C@H](n2cnc3c(N)ncnc32)C1. The zero-order valence-corrected chi connectivity index (χ0v) is 12.2. The molecule has 3 rings (SSSR count). The van der Waals surface area contributed by atoms with E-state index in [1.54, 1.807) is 0 Å². The topological polar surface area (TPSA) is 95.6 Å². The number of rotatable bonds is 5. The first-order valence-electron chi connectivity index (χ1n) is 7.00. The van der Waals surface area contributed by atoms with Gasteiger partial charge in [0.2, 0.25) is 0 Å². The summed E-state index contributed by atoms with van der Waals surface area (Å²) in [4.78, 5) is 12.7. The monoisotopic (exact) mass is 292 g/mol. The highest BCUT2D eigenvalue weighted by atomic mass is 32.2. The van der Waals surface area contributed by atoms with Crippen LogP contribution in [0.3, 0.4) is 0 Å². The van der Waals surface area contributed by atoms with Gasteiger partial charge in [0.05, 0.1) is 6.33 Å². The van der Waals surface area contributed by atoms with E-state index in [0.717, 1.165) is 23.9 Å². The first-order valence-corrected chi connectivity index (χ1v) is 8.16. The summed E-state index contributed by atoms with van der Waals surface area (Å²) in [5.74, 6) is 3.49. The van der Waals surface area contributed by atoms with E-state index < -0.39 is 0 Å². The Labute approximate surface area is 122 Å². The number of hydrogen-bond acceptors (Lipinski definition) is 6. The second kappa shape index (κ2) is 5.97. The maximum atomic E-state index is 5.83. The number of nitrogens with zero attached hydrogens (tertiary/aromatic N) is 4. The predicted octanol–water partition coefficient (Wildman–Crippen LogP) is 1.44. The lowest BCUT2D eigenvalue weighted by Gasteiger charge is -2.13. The van der Waals surface area contributed by atoms with Crippen LogP contribution >= 0.6 is 11.8 Å². The highest BCUT2D eigenvalue weighted by molar-refractivity contribution is 7.99. The first kappa shape index (κ1) is 13.6. The molecule has 2 atom stereocenters. The van der Waals surface area contributed by atoms with E-state index in [0.29, 0.717) is 17.4 Å². The molecule has 0 amide bonds. The zero-order chi connectivity index (χ0) is 13.9. The molecule has 7 heteroatoms. The quantitative estimate of drug-likeness (QED) is 0.810. The van der Waals surface area contributed by atoms with Crippen LogP contribution in [0.1, 0.15) is 25.3 Å². The van der Waals surface area contributed by atoms with Gasteiger partial charge in [-0.1, -0.05) is 0 Å². The summed E-state index contributed by atoms with van der Waals surface area (Å²) in [6.07, 6.45) is 7.01. The van der Waals surface area contributed by atoms with Crippen molar-refractivity contribution in [2.45, 2.75) is 25.3 Å².